The summed E-state index contributed by atoms with van der Waals surface area (Å²) in [5.41, 5.74) is 1.19. The predicted octanol–water partition coefficient (Wildman–Crippen LogP) is 0.125. The van der Waals surface area contributed by atoms with Crippen LogP contribution in [0.4, 0.5) is 5.82 Å². The smallest absolute Gasteiger partial charge is 0.276 e. The molecule has 4 aromatic heterocycles. The zero-order chi connectivity index (χ0) is 24.5. The standard InChI is InChI=1S/C21H23N9O5/c1-3-7-24-15-11-18(30(9-25-11)21-13(32)12(31)14(34-21)19(33)22-2)27-16(26-15)17-28-20(35-29-17)10-6-4-5-8-23-10/h4-6,8-9,12-14,21,31-32H,3,7H2,1-2H3,(H,22,33)(H,24,26,27)/t12-,13+,14-,21?/m0/s1. The van der Waals surface area contributed by atoms with Crippen LogP contribution < -0.4 is 10.6 Å². The highest BCUT2D eigenvalue weighted by Crippen LogP contribution is 2.33. The number of hydrogen-bond acceptors (Lipinski definition) is 12. The topological polar surface area (TPSA) is 186 Å². The minimum absolute atomic E-state index is 0.121. The third-order valence-corrected chi connectivity index (χ3v) is 5.49. The molecule has 0 aliphatic carbocycles. The number of nitrogens with zero attached hydrogens (tertiary/aromatic N) is 7. The summed E-state index contributed by atoms with van der Waals surface area (Å²) < 4.78 is 12.5. The summed E-state index contributed by atoms with van der Waals surface area (Å²) >= 11 is 0. The summed E-state index contributed by atoms with van der Waals surface area (Å²) in [4.78, 5) is 34.1. The van der Waals surface area contributed by atoms with Crippen molar-refractivity contribution in [2.45, 2.75) is 37.9 Å². The first-order valence-electron chi connectivity index (χ1n) is 11.0. The van der Waals surface area contributed by atoms with E-state index in [4.69, 9.17) is 9.26 Å². The number of anilines is 1. The fourth-order valence-corrected chi connectivity index (χ4v) is 3.73. The predicted molar refractivity (Wildman–Crippen MR) is 121 cm³/mol. The van der Waals surface area contributed by atoms with Crippen molar-refractivity contribution in [3.05, 3.63) is 30.7 Å². The Morgan fingerprint density at radius 1 is 1.14 bits per heavy atom. The van der Waals surface area contributed by atoms with Gasteiger partial charge in [0.1, 0.15) is 17.9 Å². The number of imidazole rings is 1. The molecule has 0 aromatic carbocycles. The number of carbonyl (C=O) groups is 1. The fraction of sp³-hybridized carbons (Fsp3) is 0.381. The van der Waals surface area contributed by atoms with Crippen molar-refractivity contribution in [3.63, 3.8) is 0 Å². The van der Waals surface area contributed by atoms with E-state index >= 15 is 0 Å². The van der Waals surface area contributed by atoms with Crippen LogP contribution in [0.25, 0.3) is 34.4 Å². The molecule has 1 unspecified atom stereocenters. The molecule has 5 rings (SSSR count). The van der Waals surface area contributed by atoms with Gasteiger partial charge < -0.3 is 30.1 Å². The summed E-state index contributed by atoms with van der Waals surface area (Å²) in [5.74, 6) is 0.325. The van der Waals surface area contributed by atoms with E-state index in [-0.39, 0.29) is 23.2 Å². The Kier molecular flexibility index (Phi) is 6.07. The Balaban J connectivity index is 1.58. The SMILES string of the molecule is CCCNc1nc(-c2noc(-c3ccccn3)n2)nc2c1ncn2C1O[C@H](C(=O)NC)[C@@H](O)[C@H]1O. The molecule has 1 fully saturated rings. The van der Waals surface area contributed by atoms with E-state index < -0.39 is 30.4 Å². The van der Waals surface area contributed by atoms with Crippen molar-refractivity contribution >= 4 is 22.9 Å². The van der Waals surface area contributed by atoms with E-state index in [2.05, 4.69) is 40.7 Å². The number of aliphatic hydroxyl groups is 2. The van der Waals surface area contributed by atoms with Crippen molar-refractivity contribution in [3.8, 4) is 23.2 Å². The summed E-state index contributed by atoms with van der Waals surface area (Å²) in [7, 11) is 1.42. The quantitative estimate of drug-likeness (QED) is 0.280. The number of pyridine rings is 1. The van der Waals surface area contributed by atoms with Crippen LogP contribution in [0.1, 0.15) is 19.6 Å². The summed E-state index contributed by atoms with van der Waals surface area (Å²) in [6, 6.07) is 5.31. The molecular formula is C21H23N9O5. The number of aliphatic hydroxyl groups excluding tert-OH is 2. The second-order valence-corrected chi connectivity index (χ2v) is 7.83. The maximum atomic E-state index is 12.1. The molecule has 4 aromatic rings. The fourth-order valence-electron chi connectivity index (χ4n) is 3.73. The number of ether oxygens (including phenoxy) is 1. The van der Waals surface area contributed by atoms with E-state index in [1.54, 1.807) is 24.4 Å². The maximum Gasteiger partial charge on any atom is 0.276 e. The first-order valence-corrected chi connectivity index (χ1v) is 11.0. The molecule has 5 heterocycles. The Labute approximate surface area is 198 Å². The lowest BCUT2D eigenvalue weighted by Crippen LogP contribution is -2.41. The van der Waals surface area contributed by atoms with Crippen LogP contribution in [0.15, 0.2) is 35.2 Å². The molecule has 182 valence electrons. The molecule has 1 amide bonds. The highest BCUT2D eigenvalue weighted by Gasteiger charge is 2.47. The van der Waals surface area contributed by atoms with Gasteiger partial charge >= 0.3 is 0 Å². The minimum Gasteiger partial charge on any atom is -0.387 e. The Morgan fingerprint density at radius 3 is 2.74 bits per heavy atom. The van der Waals surface area contributed by atoms with Crippen molar-refractivity contribution in [2.24, 2.45) is 0 Å². The molecule has 1 saturated heterocycles. The van der Waals surface area contributed by atoms with Gasteiger partial charge in [-0.3, -0.25) is 14.3 Å². The average molecular weight is 481 g/mol. The molecule has 0 saturated carbocycles. The number of carbonyl (C=O) groups excluding carboxylic acids is 1. The van der Waals surface area contributed by atoms with Gasteiger partial charge in [-0.05, 0) is 18.6 Å². The van der Waals surface area contributed by atoms with Crippen LogP contribution in [0, 0.1) is 0 Å². The van der Waals surface area contributed by atoms with Gasteiger partial charge in [0.25, 0.3) is 11.8 Å². The largest absolute Gasteiger partial charge is 0.387 e. The van der Waals surface area contributed by atoms with Crippen molar-refractivity contribution in [1.82, 2.24) is 40.0 Å². The second kappa shape index (κ2) is 9.32. The second-order valence-electron chi connectivity index (χ2n) is 7.83. The molecule has 0 bridgehead atoms. The number of fused-ring (bicyclic) bond motifs is 1. The number of hydrogen-bond donors (Lipinski definition) is 4. The van der Waals surface area contributed by atoms with Gasteiger partial charge in [0.2, 0.25) is 11.6 Å². The van der Waals surface area contributed by atoms with E-state index in [1.807, 2.05) is 6.92 Å². The minimum atomic E-state index is -1.44. The number of aromatic nitrogens is 7. The van der Waals surface area contributed by atoms with Crippen molar-refractivity contribution < 1.29 is 24.3 Å². The third-order valence-electron chi connectivity index (χ3n) is 5.49. The van der Waals surface area contributed by atoms with Crippen molar-refractivity contribution in [1.29, 1.82) is 0 Å². The maximum absolute atomic E-state index is 12.1. The highest BCUT2D eigenvalue weighted by atomic mass is 16.6. The molecule has 1 aliphatic heterocycles. The zero-order valence-electron chi connectivity index (χ0n) is 18.9. The lowest BCUT2D eigenvalue weighted by molar-refractivity contribution is -0.137. The Morgan fingerprint density at radius 2 is 2.00 bits per heavy atom. The first-order chi connectivity index (χ1) is 17.0. The summed E-state index contributed by atoms with van der Waals surface area (Å²) in [5, 5.41) is 30.6. The lowest BCUT2D eigenvalue weighted by atomic mass is 10.1. The molecule has 0 radical (unpaired) electrons. The molecule has 4 atom stereocenters. The van der Waals surface area contributed by atoms with E-state index in [1.165, 1.54) is 17.9 Å². The number of amides is 1. The molecule has 14 nitrogen and oxygen atoms in total. The molecule has 1 aliphatic rings. The Hall–Kier alpha value is -4.01. The van der Waals surface area contributed by atoms with E-state index in [0.717, 1.165) is 6.42 Å². The van der Waals surface area contributed by atoms with Crippen LogP contribution in [0.5, 0.6) is 0 Å². The van der Waals surface area contributed by atoms with Crippen LogP contribution in [-0.2, 0) is 9.53 Å². The molecule has 35 heavy (non-hydrogen) atoms. The van der Waals surface area contributed by atoms with Gasteiger partial charge in [-0.25, -0.2) is 15.0 Å². The lowest BCUT2D eigenvalue weighted by Gasteiger charge is -2.16. The van der Waals surface area contributed by atoms with Gasteiger partial charge in [-0.2, -0.15) is 4.98 Å². The summed E-state index contributed by atoms with van der Waals surface area (Å²) in [6.45, 7) is 2.62. The number of likely N-dealkylation sites (N-methyl/N-ethyl adjacent to an activating group) is 1. The number of nitrogens with one attached hydrogen (secondary N) is 2. The van der Waals surface area contributed by atoms with Gasteiger partial charge in [0.15, 0.2) is 29.3 Å². The normalized spacial score (nSPS) is 21.9. The van der Waals surface area contributed by atoms with Gasteiger partial charge in [0, 0.05) is 19.8 Å². The van der Waals surface area contributed by atoms with Crippen LogP contribution in [0.3, 0.4) is 0 Å². The van der Waals surface area contributed by atoms with Crippen LogP contribution in [-0.4, -0.2) is 82.7 Å². The molecular weight excluding hydrogens is 458 g/mol. The van der Waals surface area contributed by atoms with Gasteiger partial charge in [0.05, 0.1) is 6.33 Å². The van der Waals surface area contributed by atoms with Crippen LogP contribution in [0.2, 0.25) is 0 Å². The third kappa shape index (κ3) is 4.07. The van der Waals surface area contributed by atoms with Gasteiger partial charge in [-0.1, -0.05) is 18.1 Å². The van der Waals surface area contributed by atoms with Crippen LogP contribution >= 0.6 is 0 Å². The molecule has 4 N–H and O–H groups in total. The highest BCUT2D eigenvalue weighted by molar-refractivity contribution is 5.85. The monoisotopic (exact) mass is 481 g/mol. The average Bonchev–Trinajstić information content (AvgIpc) is 3.61. The zero-order valence-corrected chi connectivity index (χ0v) is 18.9. The van der Waals surface area contributed by atoms with Gasteiger partial charge in [-0.15, -0.1) is 0 Å². The van der Waals surface area contributed by atoms with E-state index in [9.17, 15) is 15.0 Å². The molecule has 0 spiro atoms. The number of rotatable bonds is 7. The summed E-state index contributed by atoms with van der Waals surface area (Å²) in [6.07, 6.45) is -1.36. The van der Waals surface area contributed by atoms with E-state index in [0.29, 0.717) is 23.6 Å². The Bertz CT molecular complexity index is 1340. The first kappa shape index (κ1) is 22.8. The van der Waals surface area contributed by atoms with Crippen molar-refractivity contribution in [2.75, 3.05) is 18.9 Å². The molecule has 14 heteroatoms.